The molecule has 0 aliphatic carbocycles. The standard InChI is InChI=1S/C19H22BN3O4/c1-11(24)16-4-2-3-12-5-15(20(26)27-19(12)16)7-18(25)17-6-13(8-21)14(9-22)10-23-17/h2-4,6,10,15,26H,5,7-9,21-22H2,1H3/t15-/m1/s1. The molecule has 2 aromatic rings. The van der Waals surface area contributed by atoms with Crippen LogP contribution in [0.1, 0.15) is 50.9 Å². The molecule has 2 heterocycles. The Balaban J connectivity index is 1.79. The van der Waals surface area contributed by atoms with E-state index in [1.165, 1.54) is 6.92 Å². The van der Waals surface area contributed by atoms with Crippen LogP contribution in [0, 0.1) is 0 Å². The lowest BCUT2D eigenvalue weighted by molar-refractivity contribution is 0.0967. The van der Waals surface area contributed by atoms with Crippen molar-refractivity contribution in [2.45, 2.75) is 38.7 Å². The molecule has 1 aliphatic heterocycles. The number of rotatable bonds is 6. The zero-order valence-electron chi connectivity index (χ0n) is 15.1. The first-order valence-electron chi connectivity index (χ1n) is 8.83. The van der Waals surface area contributed by atoms with Crippen LogP contribution in [0.2, 0.25) is 5.82 Å². The van der Waals surface area contributed by atoms with E-state index in [0.29, 0.717) is 30.0 Å². The Hall–Kier alpha value is -2.55. The van der Waals surface area contributed by atoms with Crippen molar-refractivity contribution in [3.63, 3.8) is 0 Å². The van der Waals surface area contributed by atoms with E-state index in [4.69, 9.17) is 16.1 Å². The van der Waals surface area contributed by atoms with Gasteiger partial charge in [-0.1, -0.05) is 12.1 Å². The lowest BCUT2D eigenvalue weighted by atomic mass is 9.64. The van der Waals surface area contributed by atoms with Crippen LogP contribution in [0.25, 0.3) is 0 Å². The summed E-state index contributed by atoms with van der Waals surface area (Å²) >= 11 is 0. The molecule has 0 spiro atoms. The van der Waals surface area contributed by atoms with Crippen molar-refractivity contribution >= 4 is 18.7 Å². The van der Waals surface area contributed by atoms with Crippen LogP contribution >= 0.6 is 0 Å². The third-order valence-corrected chi connectivity index (χ3v) is 4.86. The van der Waals surface area contributed by atoms with E-state index < -0.39 is 12.9 Å². The van der Waals surface area contributed by atoms with Gasteiger partial charge in [0.2, 0.25) is 0 Å². The number of pyridine rings is 1. The summed E-state index contributed by atoms with van der Waals surface area (Å²) in [5.74, 6) is -0.360. The highest BCUT2D eigenvalue weighted by atomic mass is 16.5. The van der Waals surface area contributed by atoms with Gasteiger partial charge in [0, 0.05) is 31.5 Å². The molecule has 1 aromatic heterocycles. The zero-order chi connectivity index (χ0) is 19.6. The zero-order valence-corrected chi connectivity index (χ0v) is 15.1. The normalized spacial score (nSPS) is 15.9. The van der Waals surface area contributed by atoms with Gasteiger partial charge in [0.05, 0.1) is 5.56 Å². The van der Waals surface area contributed by atoms with E-state index >= 15 is 0 Å². The molecule has 0 saturated carbocycles. The van der Waals surface area contributed by atoms with Crippen LogP contribution in [0.15, 0.2) is 30.5 Å². The molecule has 0 unspecified atom stereocenters. The van der Waals surface area contributed by atoms with E-state index in [2.05, 4.69) is 4.98 Å². The molecule has 5 N–H and O–H groups in total. The van der Waals surface area contributed by atoms with Crippen molar-refractivity contribution in [1.29, 1.82) is 0 Å². The SMILES string of the molecule is CC(=O)c1cccc2c1OB(O)[C@@H](CC(=O)c1cc(CN)c(CN)cn1)C2. The van der Waals surface area contributed by atoms with Gasteiger partial charge in [-0.15, -0.1) is 0 Å². The molecule has 27 heavy (non-hydrogen) atoms. The summed E-state index contributed by atoms with van der Waals surface area (Å²) in [7, 11) is -1.17. The van der Waals surface area contributed by atoms with E-state index in [9.17, 15) is 14.6 Å². The Morgan fingerprint density at radius 2 is 2.04 bits per heavy atom. The molecule has 1 aliphatic rings. The van der Waals surface area contributed by atoms with E-state index in [1.807, 2.05) is 6.07 Å². The third-order valence-electron chi connectivity index (χ3n) is 4.86. The Kier molecular flexibility index (Phi) is 5.69. The molecule has 0 amide bonds. The number of carbonyl (C=O) groups is 2. The number of nitrogens with two attached hydrogens (primary N) is 2. The number of hydrogen-bond acceptors (Lipinski definition) is 7. The number of fused-ring (bicyclic) bond motifs is 1. The number of para-hydroxylation sites is 1. The second-order valence-corrected chi connectivity index (χ2v) is 6.70. The highest BCUT2D eigenvalue weighted by molar-refractivity contribution is 6.47. The summed E-state index contributed by atoms with van der Waals surface area (Å²) < 4.78 is 5.58. The minimum atomic E-state index is -1.17. The summed E-state index contributed by atoms with van der Waals surface area (Å²) in [6.07, 6.45) is 2.08. The number of carbonyl (C=O) groups excluding carboxylic acids is 2. The molecule has 7 nitrogen and oxygen atoms in total. The fraction of sp³-hybridized carbons (Fsp3) is 0.316. The molecule has 3 rings (SSSR count). The topological polar surface area (TPSA) is 129 Å². The summed E-state index contributed by atoms with van der Waals surface area (Å²) in [6, 6.07) is 6.93. The van der Waals surface area contributed by atoms with Gasteiger partial charge >= 0.3 is 7.12 Å². The van der Waals surface area contributed by atoms with Crippen molar-refractivity contribution in [3.8, 4) is 5.75 Å². The van der Waals surface area contributed by atoms with Crippen LogP contribution < -0.4 is 16.1 Å². The van der Waals surface area contributed by atoms with E-state index in [-0.39, 0.29) is 24.5 Å². The molecule has 1 aromatic carbocycles. The number of nitrogens with zero attached hydrogens (tertiary/aromatic N) is 1. The lowest BCUT2D eigenvalue weighted by Crippen LogP contribution is -2.35. The first-order valence-corrected chi connectivity index (χ1v) is 8.83. The van der Waals surface area contributed by atoms with Gasteiger partial charge < -0.3 is 21.1 Å². The lowest BCUT2D eigenvalue weighted by Gasteiger charge is -2.28. The number of ketones is 2. The maximum atomic E-state index is 12.7. The van der Waals surface area contributed by atoms with Crippen molar-refractivity contribution in [1.82, 2.24) is 4.98 Å². The molecule has 140 valence electrons. The van der Waals surface area contributed by atoms with Gasteiger partial charge in [-0.3, -0.25) is 14.6 Å². The van der Waals surface area contributed by atoms with Gasteiger partial charge in [0.15, 0.2) is 11.6 Å². The van der Waals surface area contributed by atoms with Gasteiger partial charge in [-0.05, 0) is 42.2 Å². The first-order chi connectivity index (χ1) is 12.9. The Bertz CT molecular complexity index is 887. The molecule has 0 radical (unpaired) electrons. The summed E-state index contributed by atoms with van der Waals surface area (Å²) in [6.45, 7) is 2.02. The van der Waals surface area contributed by atoms with Gasteiger partial charge in [-0.2, -0.15) is 0 Å². The average Bonchev–Trinajstić information content (AvgIpc) is 2.67. The smallest absolute Gasteiger partial charge is 0.526 e. The van der Waals surface area contributed by atoms with E-state index in [0.717, 1.165) is 16.7 Å². The summed E-state index contributed by atoms with van der Waals surface area (Å²) in [5, 5.41) is 10.4. The monoisotopic (exact) mass is 367 g/mol. The van der Waals surface area contributed by atoms with Crippen LogP contribution in [0.4, 0.5) is 0 Å². The van der Waals surface area contributed by atoms with Crippen molar-refractivity contribution in [3.05, 3.63) is 58.4 Å². The van der Waals surface area contributed by atoms with Crippen LogP contribution in [-0.2, 0) is 19.5 Å². The fourth-order valence-electron chi connectivity index (χ4n) is 3.33. The van der Waals surface area contributed by atoms with E-state index in [1.54, 1.807) is 24.4 Å². The maximum Gasteiger partial charge on any atom is 0.526 e. The van der Waals surface area contributed by atoms with Crippen LogP contribution in [0.5, 0.6) is 5.75 Å². The van der Waals surface area contributed by atoms with Gasteiger partial charge in [0.1, 0.15) is 11.4 Å². The van der Waals surface area contributed by atoms with Crippen LogP contribution in [0.3, 0.4) is 0 Å². The largest absolute Gasteiger partial charge is 0.535 e. The quantitative estimate of drug-likeness (QED) is 0.518. The van der Waals surface area contributed by atoms with Crippen molar-refractivity contribution < 1.29 is 19.3 Å². The Morgan fingerprint density at radius 3 is 2.70 bits per heavy atom. The van der Waals surface area contributed by atoms with Gasteiger partial charge in [0.25, 0.3) is 0 Å². The third kappa shape index (κ3) is 3.92. The molecular formula is C19H22BN3O4. The first kappa shape index (κ1) is 19.2. The number of Topliss-reactive ketones (excluding diaryl/α,β-unsaturated/α-hetero) is 2. The minimum Gasteiger partial charge on any atom is -0.535 e. The second kappa shape index (κ2) is 8.00. The highest BCUT2D eigenvalue weighted by Crippen LogP contribution is 2.36. The predicted molar refractivity (Wildman–Crippen MR) is 101 cm³/mol. The molecular weight excluding hydrogens is 345 g/mol. The predicted octanol–water partition coefficient (Wildman–Crippen LogP) is 1.26. The Labute approximate surface area is 157 Å². The van der Waals surface area contributed by atoms with Crippen molar-refractivity contribution in [2.24, 2.45) is 11.5 Å². The number of hydrogen-bond donors (Lipinski definition) is 3. The molecule has 0 fully saturated rings. The van der Waals surface area contributed by atoms with Crippen LogP contribution in [-0.4, -0.2) is 28.7 Å². The molecule has 1 atom stereocenters. The molecule has 8 heteroatoms. The molecule has 0 bridgehead atoms. The van der Waals surface area contributed by atoms with Crippen molar-refractivity contribution in [2.75, 3.05) is 0 Å². The maximum absolute atomic E-state index is 12.7. The molecule has 0 saturated heterocycles. The summed E-state index contributed by atoms with van der Waals surface area (Å²) in [4.78, 5) is 28.6. The van der Waals surface area contributed by atoms with Gasteiger partial charge in [-0.25, -0.2) is 0 Å². The average molecular weight is 367 g/mol. The minimum absolute atomic E-state index is 0.0733. The number of benzene rings is 1. The Morgan fingerprint density at radius 1 is 1.30 bits per heavy atom. The highest BCUT2D eigenvalue weighted by Gasteiger charge is 2.37. The second-order valence-electron chi connectivity index (χ2n) is 6.70. The number of aromatic nitrogens is 1. The fourth-order valence-corrected chi connectivity index (χ4v) is 3.33. The summed E-state index contributed by atoms with van der Waals surface area (Å²) in [5.41, 5.74) is 14.5.